The van der Waals surface area contributed by atoms with Gasteiger partial charge < -0.3 is 29.9 Å². The maximum atomic E-state index is 13.2. The zero-order valence-corrected chi connectivity index (χ0v) is 20.8. The Morgan fingerprint density at radius 3 is 2.40 bits per heavy atom. The normalized spacial score (nSPS) is 16.5. The molecule has 188 valence electrons. The van der Waals surface area contributed by atoms with Crippen LogP contribution in [0.15, 0.2) is 24.3 Å². The molecule has 2 aromatic rings. The van der Waals surface area contributed by atoms with Gasteiger partial charge in [0.05, 0.1) is 25.8 Å². The molecule has 1 unspecified atom stereocenters. The lowest BCUT2D eigenvalue weighted by atomic mass is 10.1. The van der Waals surface area contributed by atoms with Crippen LogP contribution in [0.1, 0.15) is 55.4 Å². The average molecular weight is 483 g/mol. The number of rotatable bonds is 8. The monoisotopic (exact) mass is 482 g/mol. The van der Waals surface area contributed by atoms with Crippen LogP contribution in [0, 0.1) is 0 Å². The van der Waals surface area contributed by atoms with Gasteiger partial charge in [0, 0.05) is 44.7 Å². The minimum atomic E-state index is -0.421. The summed E-state index contributed by atoms with van der Waals surface area (Å²) in [5.41, 5.74) is 2.01. The first-order valence-electron chi connectivity index (χ1n) is 12.1. The quantitative estimate of drug-likeness (QED) is 0.588. The SMILES string of the molecule is CCOc1ccc(C(CO)Nc2nc(N3CCN(C(C)=O)CC3)nc3c2CN(C(C)C)C3=O)cc1. The number of aliphatic hydroxyl groups is 1. The Bertz CT molecular complexity index is 1070. The third-order valence-corrected chi connectivity index (χ3v) is 6.51. The number of aliphatic hydroxyl groups excluding tert-OH is 1. The van der Waals surface area contributed by atoms with Gasteiger partial charge in [0.2, 0.25) is 11.9 Å². The molecule has 1 aromatic heterocycles. The van der Waals surface area contributed by atoms with Crippen LogP contribution < -0.4 is 15.0 Å². The maximum Gasteiger partial charge on any atom is 0.273 e. The highest BCUT2D eigenvalue weighted by molar-refractivity contribution is 5.98. The van der Waals surface area contributed by atoms with E-state index in [0.717, 1.165) is 16.9 Å². The standard InChI is InChI=1S/C25H34N6O4/c1-5-35-19-8-6-18(7-9-19)21(15-32)26-23-20-14-31(16(2)3)24(34)22(20)27-25(28-23)30-12-10-29(11-13-30)17(4)33/h6-9,16,21,32H,5,10-15H2,1-4H3,(H,26,27,28). The first-order valence-corrected chi connectivity index (χ1v) is 12.1. The van der Waals surface area contributed by atoms with Gasteiger partial charge in [0.15, 0.2) is 0 Å². The Hall–Kier alpha value is -3.40. The van der Waals surface area contributed by atoms with E-state index >= 15 is 0 Å². The molecule has 2 N–H and O–H groups in total. The molecule has 2 amide bonds. The molecule has 10 heteroatoms. The van der Waals surface area contributed by atoms with E-state index in [1.54, 1.807) is 16.7 Å². The molecule has 0 spiro atoms. The lowest BCUT2D eigenvalue weighted by Crippen LogP contribution is -2.48. The zero-order valence-electron chi connectivity index (χ0n) is 20.8. The summed E-state index contributed by atoms with van der Waals surface area (Å²) >= 11 is 0. The van der Waals surface area contributed by atoms with Gasteiger partial charge in [-0.3, -0.25) is 9.59 Å². The fraction of sp³-hybridized carbons (Fsp3) is 0.520. The van der Waals surface area contributed by atoms with E-state index in [1.165, 1.54) is 0 Å². The van der Waals surface area contributed by atoms with Crippen LogP contribution in [0.4, 0.5) is 11.8 Å². The number of nitrogens with zero attached hydrogens (tertiary/aromatic N) is 5. The number of carbonyl (C=O) groups is 2. The van der Waals surface area contributed by atoms with E-state index < -0.39 is 6.04 Å². The van der Waals surface area contributed by atoms with E-state index in [-0.39, 0.29) is 24.5 Å². The molecule has 1 atom stereocenters. The molecule has 1 aromatic carbocycles. The molecule has 3 heterocycles. The second kappa shape index (κ2) is 10.5. The number of piperazine rings is 1. The Morgan fingerprint density at radius 2 is 1.83 bits per heavy atom. The Kier molecular flexibility index (Phi) is 7.39. The van der Waals surface area contributed by atoms with Crippen molar-refractivity contribution in [2.24, 2.45) is 0 Å². The van der Waals surface area contributed by atoms with Crippen LogP contribution in [0.2, 0.25) is 0 Å². The summed E-state index contributed by atoms with van der Waals surface area (Å²) in [5, 5.41) is 13.6. The molecule has 2 aliphatic heterocycles. The second-order valence-electron chi connectivity index (χ2n) is 9.10. The Labute approximate surface area is 205 Å². The first-order chi connectivity index (χ1) is 16.8. The third-order valence-electron chi connectivity index (χ3n) is 6.51. The molecule has 0 radical (unpaired) electrons. The van der Waals surface area contributed by atoms with Crippen LogP contribution in [0.25, 0.3) is 0 Å². The number of nitrogens with one attached hydrogen (secondary N) is 1. The number of anilines is 2. The average Bonchev–Trinajstić information content (AvgIpc) is 3.20. The molecule has 0 aliphatic carbocycles. The number of ether oxygens (including phenoxy) is 1. The van der Waals surface area contributed by atoms with E-state index in [0.29, 0.717) is 56.8 Å². The van der Waals surface area contributed by atoms with Gasteiger partial charge >= 0.3 is 0 Å². The first kappa shape index (κ1) is 24.7. The van der Waals surface area contributed by atoms with Crippen molar-refractivity contribution in [1.29, 1.82) is 0 Å². The van der Waals surface area contributed by atoms with Crippen LogP contribution in [-0.4, -0.2) is 82.1 Å². The molecule has 1 fully saturated rings. The second-order valence-corrected chi connectivity index (χ2v) is 9.10. The topological polar surface area (TPSA) is 111 Å². The van der Waals surface area contributed by atoms with E-state index in [4.69, 9.17) is 9.72 Å². The molecule has 2 aliphatic rings. The smallest absolute Gasteiger partial charge is 0.273 e. The summed E-state index contributed by atoms with van der Waals surface area (Å²) in [6, 6.07) is 7.17. The molecular formula is C25H34N6O4. The number of hydrogen-bond donors (Lipinski definition) is 2. The number of aromatic nitrogens is 2. The highest BCUT2D eigenvalue weighted by Crippen LogP contribution is 2.33. The van der Waals surface area contributed by atoms with Crippen LogP contribution in [-0.2, 0) is 11.3 Å². The van der Waals surface area contributed by atoms with Crippen molar-refractivity contribution in [3.8, 4) is 5.75 Å². The Balaban J connectivity index is 1.65. The van der Waals surface area contributed by atoms with E-state index in [1.807, 2.05) is 49.9 Å². The van der Waals surface area contributed by atoms with Crippen LogP contribution in [0.3, 0.4) is 0 Å². The predicted octanol–water partition coefficient (Wildman–Crippen LogP) is 2.05. The highest BCUT2D eigenvalue weighted by atomic mass is 16.5. The number of amides is 2. The molecule has 0 bridgehead atoms. The van der Waals surface area contributed by atoms with Gasteiger partial charge in [-0.2, -0.15) is 4.98 Å². The van der Waals surface area contributed by atoms with Gasteiger partial charge in [-0.05, 0) is 38.5 Å². The fourth-order valence-electron chi connectivity index (χ4n) is 4.44. The molecule has 4 rings (SSSR count). The minimum absolute atomic E-state index is 0.0202. The number of fused-ring (bicyclic) bond motifs is 1. The van der Waals surface area contributed by atoms with Crippen molar-refractivity contribution in [2.75, 3.05) is 49.6 Å². The van der Waals surface area contributed by atoms with Crippen LogP contribution >= 0.6 is 0 Å². The van der Waals surface area contributed by atoms with Gasteiger partial charge in [0.1, 0.15) is 17.3 Å². The maximum absolute atomic E-state index is 13.2. The van der Waals surface area contributed by atoms with Crippen molar-refractivity contribution in [3.05, 3.63) is 41.1 Å². The van der Waals surface area contributed by atoms with Crippen molar-refractivity contribution in [2.45, 2.75) is 46.3 Å². The third kappa shape index (κ3) is 5.17. The van der Waals surface area contributed by atoms with Gasteiger partial charge in [-0.1, -0.05) is 12.1 Å². The highest BCUT2D eigenvalue weighted by Gasteiger charge is 2.35. The summed E-state index contributed by atoms with van der Waals surface area (Å²) in [6.07, 6.45) is 0. The Morgan fingerprint density at radius 1 is 1.14 bits per heavy atom. The molecule has 0 saturated carbocycles. The van der Waals surface area contributed by atoms with Crippen molar-refractivity contribution >= 4 is 23.6 Å². The lowest BCUT2D eigenvalue weighted by Gasteiger charge is -2.34. The van der Waals surface area contributed by atoms with Crippen LogP contribution in [0.5, 0.6) is 5.75 Å². The molecule has 35 heavy (non-hydrogen) atoms. The largest absolute Gasteiger partial charge is 0.494 e. The summed E-state index contributed by atoms with van der Waals surface area (Å²) in [6.45, 7) is 10.6. The van der Waals surface area contributed by atoms with Gasteiger partial charge in [-0.15, -0.1) is 0 Å². The summed E-state index contributed by atoms with van der Waals surface area (Å²) in [7, 11) is 0. The lowest BCUT2D eigenvalue weighted by molar-refractivity contribution is -0.129. The van der Waals surface area contributed by atoms with Crippen molar-refractivity contribution in [1.82, 2.24) is 19.8 Å². The number of hydrogen-bond acceptors (Lipinski definition) is 8. The molecule has 1 saturated heterocycles. The van der Waals surface area contributed by atoms with Crippen molar-refractivity contribution < 1.29 is 19.4 Å². The zero-order chi connectivity index (χ0) is 25.1. The fourth-order valence-corrected chi connectivity index (χ4v) is 4.44. The minimum Gasteiger partial charge on any atom is -0.494 e. The summed E-state index contributed by atoms with van der Waals surface area (Å²) in [4.78, 5) is 39.9. The number of benzene rings is 1. The predicted molar refractivity (Wildman–Crippen MR) is 133 cm³/mol. The van der Waals surface area contributed by atoms with Gasteiger partial charge in [-0.25, -0.2) is 4.98 Å². The van der Waals surface area contributed by atoms with Crippen molar-refractivity contribution in [3.63, 3.8) is 0 Å². The number of carbonyl (C=O) groups excluding carboxylic acids is 2. The van der Waals surface area contributed by atoms with Gasteiger partial charge in [0.25, 0.3) is 5.91 Å². The van der Waals surface area contributed by atoms with E-state index in [9.17, 15) is 14.7 Å². The molecular weight excluding hydrogens is 448 g/mol. The summed E-state index contributed by atoms with van der Waals surface area (Å²) < 4.78 is 5.53. The summed E-state index contributed by atoms with van der Waals surface area (Å²) in [5.74, 6) is 1.69. The van der Waals surface area contributed by atoms with E-state index in [2.05, 4.69) is 10.3 Å². The molecule has 10 nitrogen and oxygen atoms in total.